The zero-order chi connectivity index (χ0) is 13.8. The number of hydrogen-bond acceptors (Lipinski definition) is 1. The predicted octanol–water partition coefficient (Wildman–Crippen LogP) is -0.314. The number of benzene rings is 1. The summed E-state index contributed by atoms with van der Waals surface area (Å²) < 4.78 is 0.731. The first-order valence-electron chi connectivity index (χ1n) is 6.11. The normalized spacial score (nSPS) is 13.6. The minimum atomic E-state index is -0.846. The van der Waals surface area contributed by atoms with Crippen LogP contribution >= 0.6 is 0 Å². The van der Waals surface area contributed by atoms with Crippen LogP contribution in [0.3, 0.4) is 0 Å². The van der Waals surface area contributed by atoms with E-state index < -0.39 is 5.97 Å². The Hall–Kier alpha value is -1.32. The lowest BCUT2D eigenvalue weighted by molar-refractivity contribution is -0.919. The van der Waals surface area contributed by atoms with Crippen LogP contribution in [0.4, 0.5) is 0 Å². The Balaban J connectivity index is 0.00000324. The van der Waals surface area contributed by atoms with E-state index in [1.165, 1.54) is 5.56 Å². The van der Waals surface area contributed by atoms with Crippen molar-refractivity contribution >= 4 is 5.97 Å². The lowest BCUT2D eigenvalue weighted by atomic mass is 10.1. The summed E-state index contributed by atoms with van der Waals surface area (Å²) in [5, 5.41) is 8.91. The molecule has 1 atom stereocenters. The number of aliphatic carboxylic acids is 1. The minimum absolute atomic E-state index is 0. The Morgan fingerprint density at radius 1 is 1.32 bits per heavy atom. The molecule has 0 aliphatic heterocycles. The van der Waals surface area contributed by atoms with Gasteiger partial charge in [0.05, 0.1) is 14.1 Å². The number of halogens is 1. The molecule has 19 heavy (non-hydrogen) atoms. The van der Waals surface area contributed by atoms with Gasteiger partial charge in [0.2, 0.25) is 0 Å². The smallest absolute Gasteiger partial charge is 0.331 e. The summed E-state index contributed by atoms with van der Waals surface area (Å²) in [7, 11) is 4.23. The van der Waals surface area contributed by atoms with Gasteiger partial charge in [-0.2, -0.15) is 0 Å². The van der Waals surface area contributed by atoms with Crippen LogP contribution in [0, 0.1) is 0 Å². The maximum Gasteiger partial charge on any atom is 0.331 e. The van der Waals surface area contributed by atoms with Gasteiger partial charge in [0, 0.05) is 11.1 Å². The molecule has 1 N–H and O–H groups in total. The summed E-state index contributed by atoms with van der Waals surface area (Å²) in [6.45, 7) is 4.57. The molecule has 0 amide bonds. The summed E-state index contributed by atoms with van der Waals surface area (Å²) >= 11 is 0. The molecule has 0 saturated carbocycles. The second kappa shape index (κ2) is 7.31. The van der Waals surface area contributed by atoms with Gasteiger partial charge in [-0.15, -0.1) is 0 Å². The van der Waals surface area contributed by atoms with E-state index in [4.69, 9.17) is 5.11 Å². The molecule has 0 aliphatic carbocycles. The topological polar surface area (TPSA) is 37.3 Å². The zero-order valence-electron chi connectivity index (χ0n) is 11.9. The van der Waals surface area contributed by atoms with Gasteiger partial charge in [0.1, 0.15) is 12.6 Å². The molecule has 4 heteroatoms. The van der Waals surface area contributed by atoms with Gasteiger partial charge >= 0.3 is 5.97 Å². The summed E-state index contributed by atoms with van der Waals surface area (Å²) in [5.41, 5.74) is 1.66. The molecule has 0 aliphatic rings. The monoisotopic (exact) mass is 283 g/mol. The summed E-state index contributed by atoms with van der Waals surface area (Å²) in [5.74, 6) is -0.846. The van der Waals surface area contributed by atoms with Crippen LogP contribution in [0.2, 0.25) is 0 Å². The van der Waals surface area contributed by atoms with Gasteiger partial charge < -0.3 is 22.0 Å². The minimum Gasteiger partial charge on any atom is -1.00 e. The highest BCUT2D eigenvalue weighted by Gasteiger charge is 2.23. The molecule has 0 bridgehead atoms. The number of rotatable bonds is 5. The Labute approximate surface area is 121 Å². The number of quaternary nitrogens is 1. The van der Waals surface area contributed by atoms with Gasteiger partial charge in [0.25, 0.3) is 0 Å². The zero-order valence-corrected chi connectivity index (χ0v) is 12.7. The van der Waals surface area contributed by atoms with Crippen molar-refractivity contribution in [2.75, 3.05) is 14.1 Å². The van der Waals surface area contributed by atoms with Crippen molar-refractivity contribution in [1.29, 1.82) is 0 Å². The molecule has 1 rings (SSSR count). The van der Waals surface area contributed by atoms with Crippen molar-refractivity contribution in [3.8, 4) is 0 Å². The number of carboxylic acids is 1. The van der Waals surface area contributed by atoms with Crippen LogP contribution in [-0.2, 0) is 11.3 Å². The summed E-state index contributed by atoms with van der Waals surface area (Å²) in [6.07, 6.45) is 1.82. The second-order valence-electron chi connectivity index (χ2n) is 5.32. The van der Waals surface area contributed by atoms with Crippen LogP contribution < -0.4 is 12.4 Å². The van der Waals surface area contributed by atoms with E-state index in [-0.39, 0.29) is 18.4 Å². The molecule has 1 unspecified atom stereocenters. The second-order valence-corrected chi connectivity index (χ2v) is 5.32. The van der Waals surface area contributed by atoms with Crippen molar-refractivity contribution in [2.45, 2.75) is 26.4 Å². The van der Waals surface area contributed by atoms with E-state index in [9.17, 15) is 4.79 Å². The molecule has 1 aromatic carbocycles. The van der Waals surface area contributed by atoms with Gasteiger partial charge in [-0.3, -0.25) is 0 Å². The van der Waals surface area contributed by atoms with E-state index >= 15 is 0 Å². The largest absolute Gasteiger partial charge is 1.00 e. The van der Waals surface area contributed by atoms with Crippen LogP contribution in [0.5, 0.6) is 0 Å². The van der Waals surface area contributed by atoms with Crippen molar-refractivity contribution in [2.24, 2.45) is 0 Å². The number of carbonyl (C=O) groups is 1. The number of nitrogens with zero attached hydrogens (tertiary/aromatic N) is 1. The van der Waals surface area contributed by atoms with E-state index in [1.54, 1.807) is 6.92 Å². The van der Waals surface area contributed by atoms with Crippen molar-refractivity contribution in [3.63, 3.8) is 0 Å². The highest BCUT2D eigenvalue weighted by molar-refractivity contribution is 5.85. The molecule has 0 aromatic heterocycles. The predicted molar refractivity (Wildman–Crippen MR) is 73.1 cm³/mol. The fraction of sp³-hybridized carbons (Fsp3) is 0.400. The standard InChI is InChI=1S/C15H21NO2.ClH/c1-12(15(17)18)10-13(2)16(3,4)11-14-8-6-5-7-9-14;/h5-10,13H,11H2,1-4H3;1H. The molecule has 0 fully saturated rings. The molecule has 0 spiro atoms. The SMILES string of the molecule is CC(=CC(C)[N+](C)(C)Cc1ccccc1)C(=O)O.[Cl-]. The van der Waals surface area contributed by atoms with E-state index in [1.807, 2.05) is 24.3 Å². The fourth-order valence-corrected chi connectivity index (χ4v) is 1.83. The van der Waals surface area contributed by atoms with E-state index in [0.29, 0.717) is 5.57 Å². The van der Waals surface area contributed by atoms with E-state index in [2.05, 4.69) is 33.2 Å². The van der Waals surface area contributed by atoms with Crippen molar-refractivity contribution in [3.05, 3.63) is 47.5 Å². The Morgan fingerprint density at radius 3 is 2.32 bits per heavy atom. The van der Waals surface area contributed by atoms with Gasteiger partial charge in [-0.05, 0) is 19.9 Å². The van der Waals surface area contributed by atoms with Gasteiger partial charge in [-0.1, -0.05) is 30.3 Å². The fourth-order valence-electron chi connectivity index (χ4n) is 1.83. The summed E-state index contributed by atoms with van der Waals surface area (Å²) in [6, 6.07) is 10.4. The Kier molecular flexibility index (Phi) is 6.81. The summed E-state index contributed by atoms with van der Waals surface area (Å²) in [4.78, 5) is 10.8. The third-order valence-electron chi connectivity index (χ3n) is 3.36. The van der Waals surface area contributed by atoms with Crippen molar-refractivity contribution < 1.29 is 26.8 Å². The third kappa shape index (κ3) is 5.45. The first-order chi connectivity index (χ1) is 8.33. The molecule has 3 nitrogen and oxygen atoms in total. The van der Waals surface area contributed by atoms with Crippen LogP contribution in [-0.4, -0.2) is 35.7 Å². The Morgan fingerprint density at radius 2 is 1.84 bits per heavy atom. The first-order valence-corrected chi connectivity index (χ1v) is 6.11. The lowest BCUT2D eigenvalue weighted by Gasteiger charge is -2.35. The van der Waals surface area contributed by atoms with Crippen LogP contribution in [0.1, 0.15) is 19.4 Å². The average molecular weight is 284 g/mol. The maximum atomic E-state index is 10.8. The van der Waals surface area contributed by atoms with Crippen molar-refractivity contribution in [1.82, 2.24) is 0 Å². The molecule has 0 heterocycles. The van der Waals surface area contributed by atoms with Crippen LogP contribution in [0.15, 0.2) is 42.0 Å². The molecule has 0 radical (unpaired) electrons. The average Bonchev–Trinajstić information content (AvgIpc) is 2.29. The molecular formula is C15H22ClNO2. The van der Waals surface area contributed by atoms with E-state index in [0.717, 1.165) is 11.0 Å². The molecule has 1 aromatic rings. The molecule has 106 valence electrons. The molecule has 0 saturated heterocycles. The lowest BCUT2D eigenvalue weighted by Crippen LogP contribution is -3.00. The maximum absolute atomic E-state index is 10.8. The highest BCUT2D eigenvalue weighted by Crippen LogP contribution is 2.16. The first kappa shape index (κ1) is 17.7. The number of carboxylic acid groups (broad SMARTS) is 1. The third-order valence-corrected chi connectivity index (χ3v) is 3.36. The molecular weight excluding hydrogens is 262 g/mol. The van der Waals surface area contributed by atoms with Crippen LogP contribution in [0.25, 0.3) is 0 Å². The Bertz CT molecular complexity index is 441. The quantitative estimate of drug-likeness (QED) is 0.594. The number of hydrogen-bond donors (Lipinski definition) is 1. The van der Waals surface area contributed by atoms with Gasteiger partial charge in [0.15, 0.2) is 0 Å². The van der Waals surface area contributed by atoms with Gasteiger partial charge in [-0.25, -0.2) is 4.79 Å². The highest BCUT2D eigenvalue weighted by atomic mass is 35.5. The number of likely N-dealkylation sites (N-methyl/N-ethyl adjacent to an activating group) is 1.